The van der Waals surface area contributed by atoms with E-state index < -0.39 is 0 Å². The number of nitrogens with one attached hydrogen (secondary N) is 1. The van der Waals surface area contributed by atoms with E-state index in [1.165, 1.54) is 5.56 Å². The highest BCUT2D eigenvalue weighted by Gasteiger charge is 2.46. The van der Waals surface area contributed by atoms with E-state index in [2.05, 4.69) is 35.0 Å². The number of benzene rings is 1. The fourth-order valence-corrected chi connectivity index (χ4v) is 4.87. The molecule has 5 nitrogen and oxygen atoms in total. The topological polar surface area (TPSA) is 58.2 Å². The largest absolute Gasteiger partial charge is 0.374 e. The van der Waals surface area contributed by atoms with Crippen molar-refractivity contribution in [2.24, 2.45) is 5.92 Å². The highest BCUT2D eigenvalue weighted by molar-refractivity contribution is 5.80. The number of hydrogen-bond acceptors (Lipinski definition) is 3. The molecule has 1 aromatic carbocycles. The van der Waals surface area contributed by atoms with Gasteiger partial charge in [0.05, 0.1) is 29.2 Å². The lowest BCUT2D eigenvalue weighted by Crippen LogP contribution is -2.44. The number of imidazole rings is 1. The molecule has 0 aliphatic carbocycles. The van der Waals surface area contributed by atoms with Gasteiger partial charge in [-0.25, -0.2) is 4.98 Å². The van der Waals surface area contributed by atoms with Gasteiger partial charge in [-0.15, -0.1) is 0 Å². The van der Waals surface area contributed by atoms with Crippen LogP contribution in [0.25, 0.3) is 11.0 Å². The molecule has 2 aromatic rings. The van der Waals surface area contributed by atoms with Crippen LogP contribution in [-0.4, -0.2) is 46.1 Å². The molecule has 1 amide bonds. The number of nitrogens with zero attached hydrogens (tertiary/aromatic N) is 2. The van der Waals surface area contributed by atoms with Crippen molar-refractivity contribution < 1.29 is 9.53 Å². The molecule has 1 N–H and O–H groups in total. The second-order valence-electron chi connectivity index (χ2n) is 7.98. The lowest BCUT2D eigenvalue weighted by atomic mass is 9.87. The molecule has 4 atom stereocenters. The van der Waals surface area contributed by atoms with Gasteiger partial charge in [-0.05, 0) is 56.7 Å². The maximum absolute atomic E-state index is 13.0. The number of ether oxygens (including phenoxy) is 1. The van der Waals surface area contributed by atoms with Crippen LogP contribution in [-0.2, 0) is 9.53 Å². The third kappa shape index (κ3) is 2.65. The Hall–Kier alpha value is -1.88. The maximum Gasteiger partial charge on any atom is 0.228 e. The fourth-order valence-electron chi connectivity index (χ4n) is 4.87. The molecular weight excluding hydrogens is 314 g/mol. The highest BCUT2D eigenvalue weighted by Crippen LogP contribution is 2.40. The van der Waals surface area contributed by atoms with Gasteiger partial charge in [0.25, 0.3) is 0 Å². The summed E-state index contributed by atoms with van der Waals surface area (Å²) in [6.45, 7) is 3.76. The van der Waals surface area contributed by atoms with E-state index in [1.54, 1.807) is 0 Å². The van der Waals surface area contributed by atoms with Crippen molar-refractivity contribution in [1.82, 2.24) is 14.9 Å². The SMILES string of the molecule is Cc1ccc2nc([C@@H]3CCCN(C(=O)[C@H]4C[C@H]5CC[C@H]4O5)C3)[nH]c2c1. The number of amides is 1. The molecule has 3 saturated heterocycles. The number of hydrogen-bond donors (Lipinski definition) is 1. The summed E-state index contributed by atoms with van der Waals surface area (Å²) in [5, 5.41) is 0. The number of rotatable bonds is 2. The van der Waals surface area contributed by atoms with Gasteiger partial charge in [0.15, 0.2) is 0 Å². The molecular formula is C20H25N3O2. The van der Waals surface area contributed by atoms with Crippen LogP contribution in [0.4, 0.5) is 0 Å². The first-order valence-corrected chi connectivity index (χ1v) is 9.58. The Morgan fingerprint density at radius 3 is 3.04 bits per heavy atom. The first-order valence-electron chi connectivity index (χ1n) is 9.58. The zero-order chi connectivity index (χ0) is 17.0. The summed E-state index contributed by atoms with van der Waals surface area (Å²) < 4.78 is 5.89. The molecule has 3 fully saturated rings. The fraction of sp³-hybridized carbons (Fsp3) is 0.600. The minimum absolute atomic E-state index is 0.0934. The Kier molecular flexibility index (Phi) is 3.59. The number of aryl methyl sites for hydroxylation is 1. The monoisotopic (exact) mass is 339 g/mol. The van der Waals surface area contributed by atoms with Gasteiger partial charge in [0.2, 0.25) is 5.91 Å². The average Bonchev–Trinajstić information content (AvgIpc) is 3.35. The summed E-state index contributed by atoms with van der Waals surface area (Å²) in [5.41, 5.74) is 3.35. The Morgan fingerprint density at radius 2 is 2.24 bits per heavy atom. The van der Waals surface area contributed by atoms with Crippen molar-refractivity contribution in [3.8, 4) is 0 Å². The van der Waals surface area contributed by atoms with Crippen molar-refractivity contribution >= 4 is 16.9 Å². The molecule has 4 heterocycles. The third-order valence-corrected chi connectivity index (χ3v) is 6.20. The van der Waals surface area contributed by atoms with Gasteiger partial charge in [-0.1, -0.05) is 6.07 Å². The third-order valence-electron chi connectivity index (χ3n) is 6.20. The van der Waals surface area contributed by atoms with Gasteiger partial charge in [-0.2, -0.15) is 0 Å². The van der Waals surface area contributed by atoms with Crippen molar-refractivity contribution in [2.75, 3.05) is 13.1 Å². The van der Waals surface area contributed by atoms with E-state index in [4.69, 9.17) is 9.72 Å². The summed E-state index contributed by atoms with van der Waals surface area (Å²) in [6, 6.07) is 6.31. The lowest BCUT2D eigenvalue weighted by molar-refractivity contribution is -0.138. The molecule has 0 unspecified atom stereocenters. The van der Waals surface area contributed by atoms with Crippen molar-refractivity contribution in [3.05, 3.63) is 29.6 Å². The number of aromatic amines is 1. The van der Waals surface area contributed by atoms with Crippen LogP contribution in [0.3, 0.4) is 0 Å². The second kappa shape index (κ2) is 5.84. The minimum atomic E-state index is 0.0934. The van der Waals surface area contributed by atoms with Crippen LogP contribution >= 0.6 is 0 Å². The zero-order valence-corrected chi connectivity index (χ0v) is 14.7. The second-order valence-corrected chi connectivity index (χ2v) is 7.98. The number of H-pyrrole nitrogens is 1. The van der Waals surface area contributed by atoms with Crippen LogP contribution in [0.1, 0.15) is 49.4 Å². The average molecular weight is 339 g/mol. The van der Waals surface area contributed by atoms with Crippen LogP contribution in [0.15, 0.2) is 18.2 Å². The standard InChI is InChI=1S/C20H25N3O2/c1-12-4-6-16-17(9-12)22-19(21-16)13-3-2-8-23(11-13)20(24)15-10-14-5-7-18(15)25-14/h4,6,9,13-15,18H,2-3,5,7-8,10-11H2,1H3,(H,21,22)/t13-,14-,15+,18-/m1/s1. The number of likely N-dealkylation sites (tertiary alicyclic amines) is 1. The Balaban J connectivity index is 1.34. The predicted octanol–water partition coefficient (Wildman–Crippen LogP) is 3.14. The van der Waals surface area contributed by atoms with Gasteiger partial charge in [0.1, 0.15) is 5.82 Å². The molecule has 2 bridgehead atoms. The smallest absolute Gasteiger partial charge is 0.228 e. The van der Waals surface area contributed by atoms with E-state index >= 15 is 0 Å². The van der Waals surface area contributed by atoms with E-state index in [0.717, 1.165) is 62.1 Å². The molecule has 132 valence electrons. The van der Waals surface area contributed by atoms with Crippen molar-refractivity contribution in [3.63, 3.8) is 0 Å². The van der Waals surface area contributed by atoms with Gasteiger partial charge >= 0.3 is 0 Å². The minimum Gasteiger partial charge on any atom is -0.374 e. The Bertz CT molecular complexity index is 814. The molecule has 3 aliphatic heterocycles. The summed E-state index contributed by atoms with van der Waals surface area (Å²) in [4.78, 5) is 23.3. The quantitative estimate of drug-likeness (QED) is 0.914. The van der Waals surface area contributed by atoms with Crippen molar-refractivity contribution in [2.45, 2.75) is 57.2 Å². The number of aromatic nitrogens is 2. The summed E-state index contributed by atoms with van der Waals surface area (Å²) >= 11 is 0. The van der Waals surface area contributed by atoms with Gasteiger partial charge < -0.3 is 14.6 Å². The van der Waals surface area contributed by atoms with E-state index in [-0.39, 0.29) is 12.0 Å². The van der Waals surface area contributed by atoms with Crippen LogP contribution < -0.4 is 0 Å². The number of carbonyl (C=O) groups is 1. The van der Waals surface area contributed by atoms with Gasteiger partial charge in [0, 0.05) is 19.0 Å². The van der Waals surface area contributed by atoms with E-state index in [9.17, 15) is 4.79 Å². The molecule has 25 heavy (non-hydrogen) atoms. The molecule has 5 heteroatoms. The molecule has 0 radical (unpaired) electrons. The number of fused-ring (bicyclic) bond motifs is 3. The van der Waals surface area contributed by atoms with Gasteiger partial charge in [-0.3, -0.25) is 4.79 Å². The first kappa shape index (κ1) is 15.4. The van der Waals surface area contributed by atoms with E-state index in [0.29, 0.717) is 17.9 Å². The Labute approximate surface area is 147 Å². The summed E-state index contributed by atoms with van der Waals surface area (Å²) in [7, 11) is 0. The number of piperidine rings is 1. The van der Waals surface area contributed by atoms with Crippen molar-refractivity contribution in [1.29, 1.82) is 0 Å². The molecule has 3 aliphatic rings. The van der Waals surface area contributed by atoms with Crippen LogP contribution in [0.2, 0.25) is 0 Å². The summed E-state index contributed by atoms with van der Waals surface area (Å²) in [6.07, 6.45) is 5.76. The zero-order valence-electron chi connectivity index (χ0n) is 14.7. The number of carbonyl (C=O) groups excluding carboxylic acids is 1. The lowest BCUT2D eigenvalue weighted by Gasteiger charge is -2.34. The first-order chi connectivity index (χ1) is 12.2. The normalized spacial score (nSPS) is 31.8. The maximum atomic E-state index is 13.0. The van der Waals surface area contributed by atoms with E-state index in [1.807, 2.05) is 0 Å². The highest BCUT2D eigenvalue weighted by atomic mass is 16.5. The molecule has 1 aromatic heterocycles. The molecule has 0 saturated carbocycles. The van der Waals surface area contributed by atoms with Crippen LogP contribution in [0.5, 0.6) is 0 Å². The molecule has 5 rings (SSSR count). The Morgan fingerprint density at radius 1 is 1.32 bits per heavy atom. The molecule has 0 spiro atoms. The predicted molar refractivity (Wildman–Crippen MR) is 95.4 cm³/mol. The van der Waals surface area contributed by atoms with Crippen LogP contribution in [0, 0.1) is 12.8 Å². The summed E-state index contributed by atoms with van der Waals surface area (Å²) in [5.74, 6) is 1.74.